The van der Waals surface area contributed by atoms with Gasteiger partial charge in [0.1, 0.15) is 16.6 Å². The molecule has 2 aromatic rings. The molecule has 0 saturated carbocycles. The zero-order valence-corrected chi connectivity index (χ0v) is 14.3. The normalized spacial score (nSPS) is 12.3. The van der Waals surface area contributed by atoms with E-state index in [9.17, 15) is 0 Å². The van der Waals surface area contributed by atoms with Crippen molar-refractivity contribution in [2.45, 2.75) is 47.6 Å². The molecule has 5 heteroatoms. The van der Waals surface area contributed by atoms with Gasteiger partial charge in [-0.15, -0.1) is 11.3 Å². The van der Waals surface area contributed by atoms with Crippen LogP contribution in [0.15, 0.2) is 0 Å². The molecule has 2 heterocycles. The SMILES string of the molecule is Cc1sc2nc(COCCC(C)(C)C)nc(Cl)c2c1C. The Balaban J connectivity index is 2.08. The third-order valence-corrected chi connectivity index (χ3v) is 4.63. The number of ether oxygens (including phenoxy) is 1. The average molecular weight is 313 g/mol. The summed E-state index contributed by atoms with van der Waals surface area (Å²) in [5, 5.41) is 1.51. The van der Waals surface area contributed by atoms with E-state index in [1.807, 2.05) is 0 Å². The van der Waals surface area contributed by atoms with Crippen molar-refractivity contribution in [3.8, 4) is 0 Å². The Labute approximate surface area is 129 Å². The second-order valence-corrected chi connectivity index (χ2v) is 7.82. The van der Waals surface area contributed by atoms with E-state index in [0.717, 1.165) is 16.6 Å². The lowest BCUT2D eigenvalue weighted by molar-refractivity contribution is 0.0919. The van der Waals surface area contributed by atoms with Gasteiger partial charge in [0.15, 0.2) is 5.82 Å². The molecule has 2 aromatic heterocycles. The maximum Gasteiger partial charge on any atom is 0.157 e. The number of nitrogens with zero attached hydrogens (tertiary/aromatic N) is 2. The zero-order chi connectivity index (χ0) is 14.9. The third kappa shape index (κ3) is 3.68. The molecule has 0 atom stereocenters. The van der Waals surface area contributed by atoms with Crippen molar-refractivity contribution < 1.29 is 4.74 Å². The lowest BCUT2D eigenvalue weighted by atomic mass is 9.93. The van der Waals surface area contributed by atoms with Gasteiger partial charge >= 0.3 is 0 Å². The Kier molecular flexibility index (Phi) is 4.67. The first kappa shape index (κ1) is 15.7. The highest BCUT2D eigenvalue weighted by molar-refractivity contribution is 7.18. The summed E-state index contributed by atoms with van der Waals surface area (Å²) in [5.74, 6) is 0.664. The van der Waals surface area contributed by atoms with Gasteiger partial charge in [0.25, 0.3) is 0 Å². The number of halogens is 1. The largest absolute Gasteiger partial charge is 0.373 e. The minimum atomic E-state index is 0.282. The molecule has 0 fully saturated rings. The first-order chi connectivity index (χ1) is 9.28. The zero-order valence-electron chi connectivity index (χ0n) is 12.7. The molecular formula is C15H21ClN2OS. The van der Waals surface area contributed by atoms with Crippen LogP contribution in [0.5, 0.6) is 0 Å². The average Bonchev–Trinajstić information content (AvgIpc) is 2.60. The Hall–Kier alpha value is -0.710. The van der Waals surface area contributed by atoms with Gasteiger partial charge in [0, 0.05) is 11.5 Å². The van der Waals surface area contributed by atoms with Gasteiger partial charge in [-0.3, -0.25) is 0 Å². The number of rotatable bonds is 4. The smallest absolute Gasteiger partial charge is 0.157 e. The molecular weight excluding hydrogens is 292 g/mol. The Morgan fingerprint density at radius 3 is 2.55 bits per heavy atom. The van der Waals surface area contributed by atoms with Gasteiger partial charge in [-0.2, -0.15) is 0 Å². The van der Waals surface area contributed by atoms with Crippen LogP contribution < -0.4 is 0 Å². The number of aryl methyl sites for hydroxylation is 2. The Morgan fingerprint density at radius 1 is 1.20 bits per heavy atom. The molecule has 0 aliphatic carbocycles. The van der Waals surface area contributed by atoms with E-state index in [-0.39, 0.29) is 5.41 Å². The maximum absolute atomic E-state index is 6.27. The van der Waals surface area contributed by atoms with Gasteiger partial charge < -0.3 is 4.74 Å². The van der Waals surface area contributed by atoms with Crippen LogP contribution in [0.25, 0.3) is 10.2 Å². The molecule has 0 saturated heterocycles. The Bertz CT molecular complexity index is 616. The van der Waals surface area contributed by atoms with Crippen molar-refractivity contribution in [2.24, 2.45) is 5.41 Å². The summed E-state index contributed by atoms with van der Waals surface area (Å²) in [7, 11) is 0. The highest BCUT2D eigenvalue weighted by atomic mass is 35.5. The second-order valence-electron chi connectivity index (χ2n) is 6.26. The summed E-state index contributed by atoms with van der Waals surface area (Å²) in [6, 6.07) is 0. The minimum absolute atomic E-state index is 0.282. The summed E-state index contributed by atoms with van der Waals surface area (Å²) >= 11 is 7.93. The molecule has 0 aliphatic rings. The molecule has 0 N–H and O–H groups in total. The Morgan fingerprint density at radius 2 is 1.90 bits per heavy atom. The van der Waals surface area contributed by atoms with Crippen molar-refractivity contribution in [1.29, 1.82) is 0 Å². The van der Waals surface area contributed by atoms with E-state index in [1.165, 1.54) is 10.4 Å². The van der Waals surface area contributed by atoms with Gasteiger partial charge in [0.2, 0.25) is 0 Å². The van der Waals surface area contributed by atoms with E-state index < -0.39 is 0 Å². The number of hydrogen-bond donors (Lipinski definition) is 0. The van der Waals surface area contributed by atoms with Crippen LogP contribution in [0.3, 0.4) is 0 Å². The maximum atomic E-state index is 6.27. The molecule has 0 spiro atoms. The van der Waals surface area contributed by atoms with Gasteiger partial charge in [0.05, 0.1) is 5.39 Å². The van der Waals surface area contributed by atoms with Gasteiger partial charge in [-0.05, 0) is 31.2 Å². The number of thiophene rings is 1. The number of hydrogen-bond acceptors (Lipinski definition) is 4. The summed E-state index contributed by atoms with van der Waals surface area (Å²) in [4.78, 5) is 11.1. The highest BCUT2D eigenvalue weighted by Gasteiger charge is 2.14. The third-order valence-electron chi connectivity index (χ3n) is 3.26. The lowest BCUT2D eigenvalue weighted by Crippen LogP contribution is -2.10. The van der Waals surface area contributed by atoms with Gasteiger partial charge in [-0.1, -0.05) is 32.4 Å². The lowest BCUT2D eigenvalue weighted by Gasteiger charge is -2.17. The van der Waals surface area contributed by atoms with Crippen LogP contribution in [0.2, 0.25) is 5.15 Å². The summed E-state index contributed by atoms with van der Waals surface area (Å²) in [6.07, 6.45) is 1.01. The van der Waals surface area contributed by atoms with Crippen molar-refractivity contribution in [3.63, 3.8) is 0 Å². The fourth-order valence-corrected chi connectivity index (χ4v) is 3.28. The number of aromatic nitrogens is 2. The van der Waals surface area contributed by atoms with Crippen molar-refractivity contribution >= 4 is 33.2 Å². The van der Waals surface area contributed by atoms with Crippen LogP contribution >= 0.6 is 22.9 Å². The summed E-state index contributed by atoms with van der Waals surface area (Å²) in [6.45, 7) is 11.9. The van der Waals surface area contributed by atoms with E-state index in [4.69, 9.17) is 16.3 Å². The monoisotopic (exact) mass is 312 g/mol. The molecule has 0 aliphatic heterocycles. The molecule has 20 heavy (non-hydrogen) atoms. The molecule has 0 bridgehead atoms. The van der Waals surface area contributed by atoms with Crippen molar-refractivity contribution in [3.05, 3.63) is 21.4 Å². The molecule has 0 radical (unpaired) electrons. The fourth-order valence-electron chi connectivity index (χ4n) is 1.85. The van der Waals surface area contributed by atoms with Crippen molar-refractivity contribution in [1.82, 2.24) is 9.97 Å². The predicted molar refractivity (Wildman–Crippen MR) is 85.6 cm³/mol. The van der Waals surface area contributed by atoms with Crippen LogP contribution in [0.4, 0.5) is 0 Å². The predicted octanol–water partition coefficient (Wildman–Crippen LogP) is 4.91. The molecule has 0 unspecified atom stereocenters. The molecule has 110 valence electrons. The van der Waals surface area contributed by atoms with Crippen LogP contribution in [-0.4, -0.2) is 16.6 Å². The van der Waals surface area contributed by atoms with Crippen LogP contribution in [0.1, 0.15) is 43.5 Å². The summed E-state index contributed by atoms with van der Waals surface area (Å²) < 4.78 is 5.66. The van der Waals surface area contributed by atoms with E-state index in [1.54, 1.807) is 11.3 Å². The molecule has 0 aromatic carbocycles. The molecule has 0 amide bonds. The van der Waals surface area contributed by atoms with Crippen LogP contribution in [-0.2, 0) is 11.3 Å². The first-order valence-corrected chi connectivity index (χ1v) is 7.97. The van der Waals surface area contributed by atoms with E-state index in [2.05, 4.69) is 44.6 Å². The fraction of sp³-hybridized carbons (Fsp3) is 0.600. The first-order valence-electron chi connectivity index (χ1n) is 6.78. The highest BCUT2D eigenvalue weighted by Crippen LogP contribution is 2.32. The number of fused-ring (bicyclic) bond motifs is 1. The standard InChI is InChI=1S/C15H21ClN2OS/c1-9-10(2)20-14-12(9)13(16)17-11(18-14)8-19-7-6-15(3,4)5/h6-8H2,1-5H3. The quantitative estimate of drug-likeness (QED) is 0.594. The van der Waals surface area contributed by atoms with E-state index >= 15 is 0 Å². The van der Waals surface area contributed by atoms with Crippen molar-refractivity contribution in [2.75, 3.05) is 6.61 Å². The minimum Gasteiger partial charge on any atom is -0.373 e. The van der Waals surface area contributed by atoms with E-state index in [0.29, 0.717) is 24.2 Å². The van der Waals surface area contributed by atoms with Gasteiger partial charge in [-0.25, -0.2) is 9.97 Å². The van der Waals surface area contributed by atoms with Crippen LogP contribution in [0, 0.1) is 19.3 Å². The second kappa shape index (κ2) is 5.96. The topological polar surface area (TPSA) is 35.0 Å². The molecule has 3 nitrogen and oxygen atoms in total. The molecule has 2 rings (SSSR count). The summed E-state index contributed by atoms with van der Waals surface area (Å²) in [5.41, 5.74) is 1.46.